The number of nitrogens with zero attached hydrogens (tertiary/aromatic N) is 3. The fraction of sp³-hybridized carbons (Fsp3) is 0.611. The number of rotatable bonds is 5. The van der Waals surface area contributed by atoms with Crippen molar-refractivity contribution in [1.29, 1.82) is 0 Å². The Hall–Kier alpha value is -1.78. The summed E-state index contributed by atoms with van der Waals surface area (Å²) in [5, 5.41) is 6.14. The van der Waals surface area contributed by atoms with Gasteiger partial charge in [-0.25, -0.2) is 0 Å². The zero-order chi connectivity index (χ0) is 19.2. The fourth-order valence-corrected chi connectivity index (χ4v) is 2.79. The number of nitrogens with one attached hydrogen (secondary N) is 2. The van der Waals surface area contributed by atoms with Gasteiger partial charge in [-0.15, -0.1) is 24.0 Å². The summed E-state index contributed by atoms with van der Waals surface area (Å²) in [6, 6.07) is 3.39. The number of furan rings is 1. The van der Waals surface area contributed by atoms with Crippen LogP contribution in [0.25, 0.3) is 0 Å². The molecular weight excluding hydrogens is 461 g/mol. The number of amides is 2. The molecule has 2 rings (SSSR count). The van der Waals surface area contributed by atoms with Crippen molar-refractivity contribution in [3.05, 3.63) is 24.2 Å². The molecule has 152 valence electrons. The van der Waals surface area contributed by atoms with Gasteiger partial charge in [-0.2, -0.15) is 0 Å². The number of guanidine groups is 1. The van der Waals surface area contributed by atoms with E-state index >= 15 is 0 Å². The van der Waals surface area contributed by atoms with Crippen LogP contribution in [0.15, 0.2) is 27.8 Å². The van der Waals surface area contributed by atoms with Crippen molar-refractivity contribution in [3.63, 3.8) is 0 Å². The van der Waals surface area contributed by atoms with E-state index in [4.69, 9.17) is 4.42 Å². The van der Waals surface area contributed by atoms with Crippen molar-refractivity contribution in [2.75, 3.05) is 46.3 Å². The number of aliphatic imine (C=N–C) groups is 1. The Morgan fingerprint density at radius 3 is 2.33 bits per heavy atom. The highest BCUT2D eigenvalue weighted by molar-refractivity contribution is 14.0. The van der Waals surface area contributed by atoms with Crippen LogP contribution in [0.3, 0.4) is 0 Å². The third kappa shape index (κ3) is 6.12. The molecule has 2 N–H and O–H groups in total. The lowest BCUT2D eigenvalue weighted by Gasteiger charge is -2.37. The molecule has 9 heteroatoms. The van der Waals surface area contributed by atoms with E-state index in [-0.39, 0.29) is 35.8 Å². The standard InChI is InChI=1S/C18H29N5O3.HI/c1-5-20-16(25)18(2,3)13-21-17(19-4)23-10-8-22(9-11-23)15(24)14-7-6-12-26-14;/h6-7,12H,5,8-11,13H2,1-4H3,(H,19,21)(H,20,25);1H. The molecule has 0 atom stereocenters. The number of hydrogen-bond donors (Lipinski definition) is 2. The Morgan fingerprint density at radius 1 is 1.19 bits per heavy atom. The van der Waals surface area contributed by atoms with E-state index in [0.29, 0.717) is 45.0 Å². The van der Waals surface area contributed by atoms with Gasteiger partial charge in [-0.05, 0) is 32.9 Å². The second-order valence-electron chi connectivity index (χ2n) is 6.90. The van der Waals surface area contributed by atoms with Crippen LogP contribution >= 0.6 is 24.0 Å². The molecule has 8 nitrogen and oxygen atoms in total. The van der Waals surface area contributed by atoms with Crippen LogP contribution in [0.2, 0.25) is 0 Å². The quantitative estimate of drug-likeness (QED) is 0.369. The first-order valence-electron chi connectivity index (χ1n) is 8.95. The molecule has 2 heterocycles. The van der Waals surface area contributed by atoms with Crippen LogP contribution in [0.4, 0.5) is 0 Å². The highest BCUT2D eigenvalue weighted by atomic mass is 127. The van der Waals surface area contributed by atoms with Gasteiger partial charge in [0.05, 0.1) is 11.7 Å². The summed E-state index contributed by atoms with van der Waals surface area (Å²) in [4.78, 5) is 32.6. The van der Waals surface area contributed by atoms with Gasteiger partial charge in [0.15, 0.2) is 11.7 Å². The summed E-state index contributed by atoms with van der Waals surface area (Å²) in [6.07, 6.45) is 1.51. The third-order valence-electron chi connectivity index (χ3n) is 4.45. The van der Waals surface area contributed by atoms with E-state index in [1.807, 2.05) is 20.8 Å². The Balaban J connectivity index is 0.00000364. The predicted molar refractivity (Wildman–Crippen MR) is 115 cm³/mol. The Labute approximate surface area is 177 Å². The summed E-state index contributed by atoms with van der Waals surface area (Å²) < 4.78 is 5.18. The molecule has 1 aromatic heterocycles. The number of hydrogen-bond acceptors (Lipinski definition) is 4. The second kappa shape index (κ2) is 10.5. The molecule has 1 aliphatic heterocycles. The summed E-state index contributed by atoms with van der Waals surface area (Å²) >= 11 is 0. The topological polar surface area (TPSA) is 90.2 Å². The first-order valence-corrected chi connectivity index (χ1v) is 8.95. The van der Waals surface area contributed by atoms with Gasteiger partial charge in [0.25, 0.3) is 5.91 Å². The average molecular weight is 491 g/mol. The number of carbonyl (C=O) groups is 2. The van der Waals surface area contributed by atoms with Crippen molar-refractivity contribution in [2.24, 2.45) is 10.4 Å². The van der Waals surface area contributed by atoms with E-state index < -0.39 is 5.41 Å². The number of halogens is 1. The predicted octanol–water partition coefficient (Wildman–Crippen LogP) is 1.39. The molecule has 27 heavy (non-hydrogen) atoms. The van der Waals surface area contributed by atoms with Crippen LogP contribution in [-0.2, 0) is 4.79 Å². The van der Waals surface area contributed by atoms with E-state index in [9.17, 15) is 9.59 Å². The van der Waals surface area contributed by atoms with Gasteiger partial charge >= 0.3 is 0 Å². The van der Waals surface area contributed by atoms with E-state index in [2.05, 4.69) is 20.5 Å². The highest BCUT2D eigenvalue weighted by Gasteiger charge is 2.29. The van der Waals surface area contributed by atoms with Crippen LogP contribution in [0.5, 0.6) is 0 Å². The summed E-state index contributed by atoms with van der Waals surface area (Å²) in [5.74, 6) is 1.03. The van der Waals surface area contributed by atoms with Gasteiger partial charge in [-0.1, -0.05) is 0 Å². The van der Waals surface area contributed by atoms with Gasteiger partial charge in [0.2, 0.25) is 5.91 Å². The van der Waals surface area contributed by atoms with Crippen molar-refractivity contribution >= 4 is 41.8 Å². The lowest BCUT2D eigenvalue weighted by molar-refractivity contribution is -0.128. The van der Waals surface area contributed by atoms with Crippen molar-refractivity contribution in [3.8, 4) is 0 Å². The Morgan fingerprint density at radius 2 is 1.81 bits per heavy atom. The molecule has 0 bridgehead atoms. The average Bonchev–Trinajstić information content (AvgIpc) is 3.17. The van der Waals surface area contributed by atoms with Gasteiger partial charge < -0.3 is 24.9 Å². The summed E-state index contributed by atoms with van der Waals surface area (Å²) in [7, 11) is 1.72. The monoisotopic (exact) mass is 491 g/mol. The molecule has 1 fully saturated rings. The normalized spacial score (nSPS) is 15.2. The van der Waals surface area contributed by atoms with E-state index in [0.717, 1.165) is 5.96 Å². The molecule has 1 saturated heterocycles. The molecule has 0 aliphatic carbocycles. The summed E-state index contributed by atoms with van der Waals surface area (Å²) in [6.45, 7) is 9.35. The maximum atomic E-state index is 12.3. The minimum Gasteiger partial charge on any atom is -0.459 e. The molecule has 0 spiro atoms. The molecule has 0 aromatic carbocycles. The third-order valence-corrected chi connectivity index (χ3v) is 4.45. The van der Waals surface area contributed by atoms with Crippen LogP contribution < -0.4 is 10.6 Å². The Bertz CT molecular complexity index is 637. The maximum Gasteiger partial charge on any atom is 0.289 e. The highest BCUT2D eigenvalue weighted by Crippen LogP contribution is 2.14. The van der Waals surface area contributed by atoms with E-state index in [1.54, 1.807) is 24.1 Å². The zero-order valence-electron chi connectivity index (χ0n) is 16.4. The van der Waals surface area contributed by atoms with Crippen molar-refractivity contribution in [1.82, 2.24) is 20.4 Å². The molecule has 0 saturated carbocycles. The second-order valence-corrected chi connectivity index (χ2v) is 6.90. The molecular formula is C18H30IN5O3. The van der Waals surface area contributed by atoms with Crippen LogP contribution in [-0.4, -0.2) is 73.9 Å². The minimum atomic E-state index is -0.539. The van der Waals surface area contributed by atoms with Gasteiger partial charge in [-0.3, -0.25) is 14.6 Å². The van der Waals surface area contributed by atoms with Crippen molar-refractivity contribution in [2.45, 2.75) is 20.8 Å². The van der Waals surface area contributed by atoms with Gasteiger partial charge in [0, 0.05) is 46.3 Å². The molecule has 1 aromatic rings. The molecule has 1 aliphatic rings. The van der Waals surface area contributed by atoms with Crippen LogP contribution in [0, 0.1) is 5.41 Å². The molecule has 0 unspecified atom stereocenters. The zero-order valence-corrected chi connectivity index (χ0v) is 18.8. The lowest BCUT2D eigenvalue weighted by Crippen LogP contribution is -2.55. The fourth-order valence-electron chi connectivity index (χ4n) is 2.79. The first kappa shape index (κ1) is 23.3. The summed E-state index contributed by atoms with van der Waals surface area (Å²) in [5.41, 5.74) is -0.539. The van der Waals surface area contributed by atoms with E-state index in [1.165, 1.54) is 6.26 Å². The number of carbonyl (C=O) groups excluding carboxylic acids is 2. The van der Waals surface area contributed by atoms with Crippen LogP contribution in [0.1, 0.15) is 31.3 Å². The number of piperazine rings is 1. The Kier molecular flexibility index (Phi) is 9.07. The molecule has 2 amide bonds. The largest absolute Gasteiger partial charge is 0.459 e. The minimum absolute atomic E-state index is 0. The van der Waals surface area contributed by atoms with Gasteiger partial charge in [0.1, 0.15) is 0 Å². The first-order chi connectivity index (χ1) is 12.4. The lowest BCUT2D eigenvalue weighted by atomic mass is 9.92. The maximum absolute atomic E-state index is 12.3. The molecule has 0 radical (unpaired) electrons. The SMILES string of the molecule is CCNC(=O)C(C)(C)CNC(=NC)N1CCN(C(=O)c2ccco2)CC1.I. The van der Waals surface area contributed by atoms with Crippen molar-refractivity contribution < 1.29 is 14.0 Å². The smallest absolute Gasteiger partial charge is 0.289 e.